The van der Waals surface area contributed by atoms with Crippen LogP contribution in [0.4, 0.5) is 10.1 Å². The summed E-state index contributed by atoms with van der Waals surface area (Å²) in [6.45, 7) is 8.70. The molecule has 1 unspecified atom stereocenters. The molecule has 1 aromatic heterocycles. The highest BCUT2D eigenvalue weighted by Crippen LogP contribution is 2.42. The monoisotopic (exact) mass is 388 g/mol. The van der Waals surface area contributed by atoms with Gasteiger partial charge in [-0.25, -0.2) is 4.39 Å². The number of nitrogens with zero attached hydrogens (tertiary/aromatic N) is 1. The summed E-state index contributed by atoms with van der Waals surface area (Å²) in [6.07, 6.45) is 6.45. The number of benzene rings is 2. The third kappa shape index (κ3) is 4.34. The molecule has 1 fully saturated rings. The van der Waals surface area contributed by atoms with E-state index in [0.29, 0.717) is 17.8 Å². The first-order chi connectivity index (χ1) is 14.0. The van der Waals surface area contributed by atoms with E-state index < -0.39 is 0 Å². The molecule has 2 aromatic carbocycles. The van der Waals surface area contributed by atoms with Crippen molar-refractivity contribution in [2.45, 2.75) is 45.4 Å². The van der Waals surface area contributed by atoms with E-state index in [1.165, 1.54) is 30.0 Å². The van der Waals surface area contributed by atoms with E-state index in [-0.39, 0.29) is 5.82 Å². The Balaban J connectivity index is 1.41. The number of hydrogen-bond acceptors (Lipinski definition) is 2. The van der Waals surface area contributed by atoms with Gasteiger partial charge >= 0.3 is 0 Å². The zero-order chi connectivity index (χ0) is 20.4. The second-order valence-corrected chi connectivity index (χ2v) is 8.48. The van der Waals surface area contributed by atoms with Crippen LogP contribution in [0.3, 0.4) is 0 Å². The quantitative estimate of drug-likeness (QED) is 0.499. The first-order valence-corrected chi connectivity index (χ1v) is 10.6. The first-order valence-electron chi connectivity index (χ1n) is 10.6. The summed E-state index contributed by atoms with van der Waals surface area (Å²) in [5.41, 5.74) is 5.59. The van der Waals surface area contributed by atoms with E-state index in [0.717, 1.165) is 35.1 Å². The van der Waals surface area contributed by atoms with Crippen molar-refractivity contribution in [2.24, 2.45) is 11.8 Å². The molecule has 1 atom stereocenters. The molecule has 2 nitrogen and oxygen atoms in total. The van der Waals surface area contributed by atoms with Crippen molar-refractivity contribution in [2.75, 3.05) is 5.32 Å². The molecule has 3 heteroatoms. The van der Waals surface area contributed by atoms with Crippen LogP contribution in [-0.2, 0) is 0 Å². The molecular weight excluding hydrogens is 359 g/mol. The maximum absolute atomic E-state index is 13.8. The number of nitrogens with one attached hydrogen (secondary N) is 1. The largest absolute Gasteiger partial charge is 0.359 e. The molecule has 4 rings (SSSR count). The van der Waals surface area contributed by atoms with Crippen LogP contribution >= 0.6 is 0 Å². The normalized spacial score (nSPS) is 20.4. The molecule has 0 saturated heterocycles. The summed E-state index contributed by atoms with van der Waals surface area (Å²) in [5, 5.41) is 4.46. The van der Waals surface area contributed by atoms with Gasteiger partial charge < -0.3 is 5.32 Å². The number of aromatic nitrogens is 1. The van der Waals surface area contributed by atoms with Crippen LogP contribution in [0.1, 0.15) is 49.7 Å². The van der Waals surface area contributed by atoms with Gasteiger partial charge in [-0.15, -0.1) is 0 Å². The van der Waals surface area contributed by atoms with Crippen molar-refractivity contribution in [1.82, 2.24) is 4.98 Å². The molecule has 0 aliphatic heterocycles. The van der Waals surface area contributed by atoms with Gasteiger partial charge in [0.2, 0.25) is 0 Å². The Kier molecular flexibility index (Phi) is 5.66. The fraction of sp³-hybridized carbons (Fsp3) is 0.346. The van der Waals surface area contributed by atoms with E-state index in [1.807, 2.05) is 6.20 Å². The lowest BCUT2D eigenvalue weighted by Gasteiger charge is -2.34. The van der Waals surface area contributed by atoms with Crippen molar-refractivity contribution in [1.29, 1.82) is 0 Å². The molecule has 0 radical (unpaired) electrons. The molecule has 1 saturated carbocycles. The van der Waals surface area contributed by atoms with Gasteiger partial charge in [-0.1, -0.05) is 31.2 Å². The molecular formula is C26H29FN2. The minimum atomic E-state index is -0.187. The fourth-order valence-corrected chi connectivity index (χ4v) is 4.65. The average molecular weight is 389 g/mol. The van der Waals surface area contributed by atoms with E-state index in [1.54, 1.807) is 12.1 Å². The van der Waals surface area contributed by atoms with Crippen molar-refractivity contribution in [3.63, 3.8) is 0 Å². The zero-order valence-electron chi connectivity index (χ0n) is 17.3. The molecule has 150 valence electrons. The lowest BCUT2D eigenvalue weighted by atomic mass is 9.73. The number of allylic oxidation sites excluding steroid dienone is 1. The SMILES string of the molecule is C=C(Nc1ccc(C)cc1)C(C)C1CCC(c2ccnc3ccc(F)cc23)CC1. The third-order valence-electron chi connectivity index (χ3n) is 6.56. The predicted molar refractivity (Wildman–Crippen MR) is 120 cm³/mol. The predicted octanol–water partition coefficient (Wildman–Crippen LogP) is 7.22. The van der Waals surface area contributed by atoms with E-state index in [2.05, 4.69) is 61.1 Å². The number of rotatable bonds is 5. The van der Waals surface area contributed by atoms with Gasteiger partial charge in [-0.05, 0) is 92.3 Å². The summed E-state index contributed by atoms with van der Waals surface area (Å²) < 4.78 is 13.8. The average Bonchev–Trinajstić information content (AvgIpc) is 2.74. The molecule has 0 bridgehead atoms. The van der Waals surface area contributed by atoms with Crippen LogP contribution in [0.5, 0.6) is 0 Å². The van der Waals surface area contributed by atoms with Gasteiger partial charge in [0.05, 0.1) is 5.52 Å². The summed E-state index contributed by atoms with van der Waals surface area (Å²) in [6, 6.07) is 15.4. The Morgan fingerprint density at radius 3 is 2.52 bits per heavy atom. The Hall–Kier alpha value is -2.68. The van der Waals surface area contributed by atoms with Crippen LogP contribution in [0.15, 0.2) is 67.0 Å². The second-order valence-electron chi connectivity index (χ2n) is 8.48. The Morgan fingerprint density at radius 2 is 1.79 bits per heavy atom. The van der Waals surface area contributed by atoms with E-state index >= 15 is 0 Å². The second kappa shape index (κ2) is 8.36. The topological polar surface area (TPSA) is 24.9 Å². The molecule has 0 spiro atoms. The van der Waals surface area contributed by atoms with Crippen LogP contribution in [0.25, 0.3) is 10.9 Å². The number of halogens is 1. The summed E-state index contributed by atoms with van der Waals surface area (Å²) in [4.78, 5) is 4.40. The zero-order valence-corrected chi connectivity index (χ0v) is 17.3. The number of aryl methyl sites for hydroxylation is 1. The number of hydrogen-bond donors (Lipinski definition) is 1. The lowest BCUT2D eigenvalue weighted by molar-refractivity contribution is 0.270. The van der Waals surface area contributed by atoms with Gasteiger partial charge in [-0.3, -0.25) is 4.98 Å². The Morgan fingerprint density at radius 1 is 1.07 bits per heavy atom. The van der Waals surface area contributed by atoms with Crippen molar-refractivity contribution < 1.29 is 4.39 Å². The maximum Gasteiger partial charge on any atom is 0.123 e. The molecule has 1 aliphatic rings. The summed E-state index contributed by atoms with van der Waals surface area (Å²) in [7, 11) is 0. The van der Waals surface area contributed by atoms with E-state index in [4.69, 9.17) is 0 Å². The molecule has 3 aromatic rings. The smallest absolute Gasteiger partial charge is 0.123 e. The third-order valence-corrected chi connectivity index (χ3v) is 6.56. The molecule has 1 aliphatic carbocycles. The lowest BCUT2D eigenvalue weighted by Crippen LogP contribution is -2.23. The standard InChI is InChI=1S/C26H29FN2/c1-17-4-11-23(12-5-17)29-19(3)18(2)20-6-8-21(9-7-20)24-14-15-28-26-13-10-22(27)16-25(24)26/h4-5,10-16,18,20-21,29H,3,6-9H2,1-2H3. The number of fused-ring (bicyclic) bond motifs is 1. The first kappa shape index (κ1) is 19.6. The molecule has 1 heterocycles. The van der Waals surface area contributed by atoms with Gasteiger partial charge in [0.15, 0.2) is 0 Å². The highest BCUT2D eigenvalue weighted by Gasteiger charge is 2.28. The van der Waals surface area contributed by atoms with Crippen LogP contribution in [0, 0.1) is 24.6 Å². The van der Waals surface area contributed by atoms with Gasteiger partial charge in [0.1, 0.15) is 5.82 Å². The van der Waals surface area contributed by atoms with Crippen molar-refractivity contribution in [3.05, 3.63) is 83.9 Å². The van der Waals surface area contributed by atoms with Gasteiger partial charge in [0, 0.05) is 23.0 Å². The van der Waals surface area contributed by atoms with Crippen LogP contribution < -0.4 is 5.32 Å². The molecule has 0 amide bonds. The minimum Gasteiger partial charge on any atom is -0.359 e. The number of anilines is 1. The maximum atomic E-state index is 13.8. The summed E-state index contributed by atoms with van der Waals surface area (Å²) in [5.74, 6) is 1.34. The van der Waals surface area contributed by atoms with Crippen LogP contribution in [-0.4, -0.2) is 4.98 Å². The molecule has 1 N–H and O–H groups in total. The van der Waals surface area contributed by atoms with Gasteiger partial charge in [0.25, 0.3) is 0 Å². The van der Waals surface area contributed by atoms with Crippen molar-refractivity contribution >= 4 is 16.6 Å². The Labute approximate surface area is 172 Å². The van der Waals surface area contributed by atoms with Crippen LogP contribution in [0.2, 0.25) is 0 Å². The fourth-order valence-electron chi connectivity index (χ4n) is 4.65. The Bertz CT molecular complexity index is 1000. The summed E-state index contributed by atoms with van der Waals surface area (Å²) >= 11 is 0. The highest BCUT2D eigenvalue weighted by atomic mass is 19.1. The minimum absolute atomic E-state index is 0.187. The molecule has 29 heavy (non-hydrogen) atoms. The van der Waals surface area contributed by atoms with E-state index in [9.17, 15) is 4.39 Å². The number of pyridine rings is 1. The van der Waals surface area contributed by atoms with Crippen molar-refractivity contribution in [3.8, 4) is 0 Å². The van der Waals surface area contributed by atoms with Gasteiger partial charge in [-0.2, -0.15) is 0 Å². The highest BCUT2D eigenvalue weighted by molar-refractivity contribution is 5.82.